The van der Waals surface area contributed by atoms with Crippen molar-refractivity contribution >= 4 is 19.8 Å². The van der Waals surface area contributed by atoms with Gasteiger partial charge in [0.1, 0.15) is 19.8 Å². The van der Waals surface area contributed by atoms with Crippen LogP contribution in [0.25, 0.3) is 0 Å². The number of likely N-dealkylation sites (N-methyl/N-ethyl adjacent to an activating group) is 1. The molecule has 628 valence electrons. The molecule has 0 aromatic heterocycles. The molecule has 0 radical (unpaired) electrons. The first-order valence-corrected chi connectivity index (χ1v) is 49.2. The molecule has 0 aliphatic heterocycles. The van der Waals surface area contributed by atoms with Crippen LogP contribution < -0.4 is 4.89 Å². The third-order valence-corrected chi connectivity index (χ3v) is 23.1. The lowest BCUT2D eigenvalue weighted by Gasteiger charge is -2.28. The average Bonchev–Trinajstić information content (AvgIpc) is 0.908. The highest BCUT2D eigenvalue weighted by atomic mass is 31.2. The number of carbonyl (C=O) groups is 2. The van der Waals surface area contributed by atoms with Gasteiger partial charge in [-0.3, -0.25) is 14.2 Å². The van der Waals surface area contributed by atoms with Crippen molar-refractivity contribution in [3.8, 4) is 0 Å². The first-order valence-electron chi connectivity index (χ1n) is 47.7. The summed E-state index contributed by atoms with van der Waals surface area (Å²) in [5, 5.41) is 0. The van der Waals surface area contributed by atoms with Gasteiger partial charge in [0.25, 0.3) is 7.82 Å². The first kappa shape index (κ1) is 104. The van der Waals surface area contributed by atoms with E-state index in [1.165, 1.54) is 443 Å². The van der Waals surface area contributed by atoms with Crippen molar-refractivity contribution in [3.63, 3.8) is 0 Å². The molecule has 0 saturated heterocycles. The Hall–Kier alpha value is -1.77. The maximum Gasteiger partial charge on any atom is 0.306 e. The van der Waals surface area contributed by atoms with Crippen LogP contribution >= 0.6 is 7.82 Å². The van der Waals surface area contributed by atoms with E-state index in [2.05, 4.69) is 50.3 Å². The van der Waals surface area contributed by atoms with Crippen molar-refractivity contribution in [2.24, 2.45) is 0 Å². The number of quaternary nitrogens is 1. The number of carbonyl (C=O) groups excluding carboxylic acids is 2. The largest absolute Gasteiger partial charge is 0.756 e. The second-order valence-electron chi connectivity index (χ2n) is 34.1. The van der Waals surface area contributed by atoms with Crippen LogP contribution in [0.3, 0.4) is 0 Å². The van der Waals surface area contributed by atoms with Gasteiger partial charge in [-0.25, -0.2) is 0 Å². The van der Waals surface area contributed by atoms with E-state index in [-0.39, 0.29) is 32.0 Å². The number of hydrogen-bond acceptors (Lipinski definition) is 8. The van der Waals surface area contributed by atoms with Crippen molar-refractivity contribution in [1.29, 1.82) is 0 Å². The maximum absolute atomic E-state index is 12.9. The van der Waals surface area contributed by atoms with Gasteiger partial charge < -0.3 is 27.9 Å². The Kier molecular flexibility index (Phi) is 85.7. The van der Waals surface area contributed by atoms with Crippen molar-refractivity contribution in [2.75, 3.05) is 47.5 Å². The molecule has 0 spiro atoms. The molecule has 0 rings (SSSR count). The highest BCUT2D eigenvalue weighted by Crippen LogP contribution is 2.38. The predicted octanol–water partition coefficient (Wildman–Crippen LogP) is 31.8. The lowest BCUT2D eigenvalue weighted by atomic mass is 10.0. The van der Waals surface area contributed by atoms with Gasteiger partial charge in [0.2, 0.25) is 0 Å². The minimum atomic E-state index is -4.65. The number of rotatable bonds is 91. The fourth-order valence-corrected chi connectivity index (χ4v) is 15.6. The molecule has 10 heteroatoms. The van der Waals surface area contributed by atoms with Crippen molar-refractivity contribution < 1.29 is 42.1 Å². The number of allylic oxidation sites excluding steroid dienone is 6. The lowest BCUT2D eigenvalue weighted by Crippen LogP contribution is -2.37. The van der Waals surface area contributed by atoms with Crippen LogP contribution in [0.4, 0.5) is 0 Å². The van der Waals surface area contributed by atoms with Crippen LogP contribution in [0.15, 0.2) is 36.5 Å². The molecule has 0 fully saturated rings. The molecule has 0 bridgehead atoms. The minimum Gasteiger partial charge on any atom is -0.756 e. The highest BCUT2D eigenvalue weighted by molar-refractivity contribution is 7.45. The third-order valence-electron chi connectivity index (χ3n) is 22.1. The summed E-state index contributed by atoms with van der Waals surface area (Å²) in [5.41, 5.74) is 0. The average molecular weight is 1510 g/mol. The van der Waals surface area contributed by atoms with Crippen LogP contribution in [-0.2, 0) is 32.7 Å². The van der Waals surface area contributed by atoms with Gasteiger partial charge in [-0.15, -0.1) is 0 Å². The van der Waals surface area contributed by atoms with Crippen molar-refractivity contribution in [2.45, 2.75) is 521 Å². The molecular formula is C96H186NO8P. The third kappa shape index (κ3) is 91.1. The molecule has 0 aliphatic rings. The van der Waals surface area contributed by atoms with Gasteiger partial charge in [-0.05, 0) is 70.6 Å². The summed E-state index contributed by atoms with van der Waals surface area (Å²) in [6.07, 6.45) is 116. The summed E-state index contributed by atoms with van der Waals surface area (Å²) in [4.78, 5) is 38.3. The number of esters is 2. The molecule has 2 atom stereocenters. The van der Waals surface area contributed by atoms with Crippen molar-refractivity contribution in [3.05, 3.63) is 36.5 Å². The summed E-state index contributed by atoms with van der Waals surface area (Å²) in [6.45, 7) is 4.33. The molecule has 0 aliphatic carbocycles. The number of nitrogens with zero attached hydrogens (tertiary/aromatic N) is 1. The van der Waals surface area contributed by atoms with Crippen LogP contribution in [0.1, 0.15) is 515 Å². The molecule has 9 nitrogen and oxygen atoms in total. The summed E-state index contributed by atoms with van der Waals surface area (Å²) in [7, 11) is 1.20. The number of phosphoric ester groups is 1. The maximum atomic E-state index is 12.9. The second kappa shape index (κ2) is 87.2. The Morgan fingerprint density at radius 2 is 0.509 bits per heavy atom. The SMILES string of the molecule is CCCCCCC/C=C\C/C=C\CCCCCCCCCCCCCCCCCCCCCCCCCCCCCCCC(=O)OC(COC(=O)CCCCCCCCCCCCCCCCCCCCCCCCCCCCCCC/C=C\CCCCCCCCCC)COP(=O)([O-])OCC[N+](C)(C)C. The van der Waals surface area contributed by atoms with Gasteiger partial charge in [0, 0.05) is 12.8 Å². The number of hydrogen-bond donors (Lipinski definition) is 0. The van der Waals surface area contributed by atoms with Gasteiger partial charge in [0.15, 0.2) is 6.10 Å². The summed E-state index contributed by atoms with van der Waals surface area (Å²) in [5.74, 6) is -0.801. The molecule has 106 heavy (non-hydrogen) atoms. The summed E-state index contributed by atoms with van der Waals surface area (Å²) < 4.78 is 34.5. The van der Waals surface area contributed by atoms with E-state index >= 15 is 0 Å². The van der Waals surface area contributed by atoms with E-state index < -0.39 is 26.5 Å². The molecular weight excluding hydrogens is 1330 g/mol. The minimum absolute atomic E-state index is 0.0262. The molecule has 0 aromatic carbocycles. The molecule has 0 amide bonds. The zero-order valence-corrected chi connectivity index (χ0v) is 73.1. The van der Waals surface area contributed by atoms with Crippen LogP contribution in [0.2, 0.25) is 0 Å². The smallest absolute Gasteiger partial charge is 0.306 e. The van der Waals surface area contributed by atoms with Gasteiger partial charge in [-0.1, -0.05) is 468 Å². The topological polar surface area (TPSA) is 111 Å². The van der Waals surface area contributed by atoms with E-state index in [1.807, 2.05) is 21.1 Å². The zero-order chi connectivity index (χ0) is 76.8. The van der Waals surface area contributed by atoms with Crippen LogP contribution in [0.5, 0.6) is 0 Å². The van der Waals surface area contributed by atoms with E-state index in [0.29, 0.717) is 17.4 Å². The Balaban J connectivity index is 3.80. The Bertz CT molecular complexity index is 1880. The van der Waals surface area contributed by atoms with Gasteiger partial charge in [-0.2, -0.15) is 0 Å². The Labute approximate surface area is 662 Å². The van der Waals surface area contributed by atoms with E-state index in [1.54, 1.807) is 0 Å². The lowest BCUT2D eigenvalue weighted by molar-refractivity contribution is -0.870. The fourth-order valence-electron chi connectivity index (χ4n) is 14.9. The van der Waals surface area contributed by atoms with Gasteiger partial charge >= 0.3 is 11.9 Å². The number of ether oxygens (including phenoxy) is 2. The monoisotopic (exact) mass is 1510 g/mol. The fraction of sp³-hybridized carbons (Fsp3) is 0.917. The molecule has 0 N–H and O–H groups in total. The zero-order valence-electron chi connectivity index (χ0n) is 72.2. The summed E-state index contributed by atoms with van der Waals surface area (Å²) in [6, 6.07) is 0. The van der Waals surface area contributed by atoms with Crippen molar-refractivity contribution in [1.82, 2.24) is 0 Å². The van der Waals surface area contributed by atoms with Gasteiger partial charge in [0.05, 0.1) is 27.7 Å². The van der Waals surface area contributed by atoms with E-state index in [0.717, 1.165) is 38.5 Å². The standard InChI is InChI=1S/C96H186NO8P/c1-6-8-10-12-14-16-18-20-22-24-26-28-30-32-34-36-38-40-42-44-46-48-50-52-54-56-58-60-62-64-66-68-70-72-74-76-78-80-82-84-86-88-95(98)102-92-94(93-104-106(100,101)103-91-90-97(3,4)5)105-96(99)89-87-85-83-81-79-77-75-73-71-69-67-65-63-61-59-57-55-53-51-49-47-45-43-41-39-37-35-33-31-29-27-25-23-21-19-17-15-13-11-9-7-2/h19,21,24-27,94H,6-18,20,22-23,28-93H2,1-5H3/b21-19-,26-24-,27-25-. The highest BCUT2D eigenvalue weighted by Gasteiger charge is 2.22. The molecule has 2 unspecified atom stereocenters. The normalized spacial score (nSPS) is 13.0. The molecule has 0 saturated carbocycles. The van der Waals surface area contributed by atoms with E-state index in [9.17, 15) is 19.0 Å². The summed E-state index contributed by atoms with van der Waals surface area (Å²) >= 11 is 0. The molecule has 0 heterocycles. The second-order valence-corrected chi connectivity index (χ2v) is 35.5. The van der Waals surface area contributed by atoms with Crippen LogP contribution in [-0.4, -0.2) is 70.0 Å². The number of unbranched alkanes of at least 4 members (excludes halogenated alkanes) is 71. The van der Waals surface area contributed by atoms with Crippen LogP contribution in [0, 0.1) is 0 Å². The molecule has 0 aromatic rings. The quantitative estimate of drug-likeness (QED) is 0.0195. The predicted molar refractivity (Wildman–Crippen MR) is 462 cm³/mol. The first-order chi connectivity index (χ1) is 52.0. The Morgan fingerprint density at radius 1 is 0.292 bits per heavy atom. The number of phosphoric acid groups is 1. The Morgan fingerprint density at radius 3 is 0.755 bits per heavy atom. The van der Waals surface area contributed by atoms with E-state index in [4.69, 9.17) is 18.5 Å².